The summed E-state index contributed by atoms with van der Waals surface area (Å²) in [6.45, 7) is 6.20. The van der Waals surface area contributed by atoms with Crippen molar-refractivity contribution in [2.24, 2.45) is 0 Å². The fraction of sp³-hybridized carbons (Fsp3) is 0.889. The second kappa shape index (κ2) is 4.29. The molecule has 1 N–H and O–H groups in total. The average molecular weight is 211 g/mol. The summed E-state index contributed by atoms with van der Waals surface area (Å²) in [4.78, 5) is 11.1. The molecule has 0 bridgehead atoms. The van der Waals surface area contributed by atoms with Crippen LogP contribution >= 0.6 is 0 Å². The first-order valence-electron chi connectivity index (χ1n) is 4.45. The first kappa shape index (κ1) is 13.4. The van der Waals surface area contributed by atoms with E-state index in [-0.39, 0.29) is 6.42 Å². The summed E-state index contributed by atoms with van der Waals surface area (Å²) in [6.07, 6.45) is -4.63. The Morgan fingerprint density at radius 3 is 1.93 bits per heavy atom. The van der Waals surface area contributed by atoms with Crippen LogP contribution in [0.4, 0.5) is 13.2 Å². The molecule has 1 atom stereocenters. The van der Waals surface area contributed by atoms with Gasteiger partial charge in [0, 0.05) is 12.0 Å². The highest BCUT2D eigenvalue weighted by Crippen LogP contribution is 2.23. The highest BCUT2D eigenvalue weighted by molar-refractivity contribution is 5.84. The van der Waals surface area contributed by atoms with Crippen LogP contribution in [0.3, 0.4) is 0 Å². The number of alkyl halides is 3. The number of ketones is 1. The van der Waals surface area contributed by atoms with Crippen molar-refractivity contribution in [2.45, 2.75) is 51.9 Å². The predicted octanol–water partition coefficient (Wildman–Crippen LogP) is 2.28. The topological polar surface area (TPSA) is 29.1 Å². The van der Waals surface area contributed by atoms with Crippen LogP contribution in [0.2, 0.25) is 0 Å². The normalized spacial score (nSPS) is 15.4. The molecular weight excluding hydrogens is 195 g/mol. The zero-order valence-corrected chi connectivity index (χ0v) is 8.83. The summed E-state index contributed by atoms with van der Waals surface area (Å²) >= 11 is 0. The van der Waals surface area contributed by atoms with Gasteiger partial charge in [0.2, 0.25) is 0 Å². The van der Waals surface area contributed by atoms with Crippen LogP contribution in [0.15, 0.2) is 0 Å². The maximum Gasteiger partial charge on any atom is 0.410 e. The Morgan fingerprint density at radius 2 is 1.71 bits per heavy atom. The molecule has 0 saturated carbocycles. The molecule has 0 saturated heterocycles. The third kappa shape index (κ3) is 4.60. The van der Waals surface area contributed by atoms with E-state index in [0.29, 0.717) is 0 Å². The molecule has 0 aliphatic carbocycles. The lowest BCUT2D eigenvalue weighted by Crippen LogP contribution is -2.55. The fourth-order valence-electron chi connectivity index (χ4n) is 0.982. The van der Waals surface area contributed by atoms with Gasteiger partial charge >= 0.3 is 6.18 Å². The molecule has 0 heterocycles. The minimum absolute atomic E-state index is 0.118. The summed E-state index contributed by atoms with van der Waals surface area (Å²) in [6, 6.07) is -2.05. The van der Waals surface area contributed by atoms with Crippen molar-refractivity contribution >= 4 is 5.78 Å². The van der Waals surface area contributed by atoms with Gasteiger partial charge in [-0.3, -0.25) is 10.1 Å². The Hall–Kier alpha value is -0.580. The predicted molar refractivity (Wildman–Crippen MR) is 48.0 cm³/mol. The molecule has 0 aromatic heterocycles. The van der Waals surface area contributed by atoms with Gasteiger partial charge in [-0.25, -0.2) is 0 Å². The van der Waals surface area contributed by atoms with Gasteiger partial charge < -0.3 is 0 Å². The molecule has 0 rings (SSSR count). The Labute approximate surface area is 81.9 Å². The van der Waals surface area contributed by atoms with Crippen molar-refractivity contribution in [3.63, 3.8) is 0 Å². The Morgan fingerprint density at radius 1 is 1.29 bits per heavy atom. The van der Waals surface area contributed by atoms with E-state index in [1.165, 1.54) is 6.92 Å². The quantitative estimate of drug-likeness (QED) is 0.776. The Balaban J connectivity index is 4.67. The molecule has 84 valence electrons. The minimum atomic E-state index is -4.51. The number of rotatable bonds is 3. The van der Waals surface area contributed by atoms with Crippen LogP contribution in [0.1, 0.15) is 34.1 Å². The van der Waals surface area contributed by atoms with Gasteiger partial charge in [-0.1, -0.05) is 6.92 Å². The highest BCUT2D eigenvalue weighted by atomic mass is 19.4. The van der Waals surface area contributed by atoms with Crippen molar-refractivity contribution < 1.29 is 18.0 Å². The van der Waals surface area contributed by atoms with Crippen molar-refractivity contribution in [3.05, 3.63) is 0 Å². The molecule has 2 nitrogen and oxygen atoms in total. The van der Waals surface area contributed by atoms with Crippen LogP contribution < -0.4 is 5.32 Å². The fourth-order valence-corrected chi connectivity index (χ4v) is 0.982. The highest BCUT2D eigenvalue weighted by Gasteiger charge is 2.45. The molecule has 0 aliphatic rings. The van der Waals surface area contributed by atoms with Gasteiger partial charge in [-0.05, 0) is 20.8 Å². The van der Waals surface area contributed by atoms with Gasteiger partial charge in [0.15, 0.2) is 11.8 Å². The van der Waals surface area contributed by atoms with E-state index < -0.39 is 23.5 Å². The zero-order chi connectivity index (χ0) is 11.6. The zero-order valence-electron chi connectivity index (χ0n) is 8.83. The summed E-state index contributed by atoms with van der Waals surface area (Å²) in [5.74, 6) is -0.826. The largest absolute Gasteiger partial charge is 0.410 e. The number of halogens is 3. The van der Waals surface area contributed by atoms with Crippen LogP contribution in [-0.2, 0) is 4.79 Å². The first-order chi connectivity index (χ1) is 6.08. The molecular formula is C9H16F3NO. The van der Waals surface area contributed by atoms with Gasteiger partial charge in [0.25, 0.3) is 0 Å². The molecule has 1 unspecified atom stereocenters. The number of Topliss-reactive ketones (excluding diaryl/α,β-unsaturated/α-hetero) is 1. The summed E-state index contributed by atoms with van der Waals surface area (Å²) < 4.78 is 37.2. The number of nitrogens with one attached hydrogen (secondary N) is 1. The smallest absolute Gasteiger partial charge is 0.298 e. The maximum absolute atomic E-state index is 12.4. The Bertz CT molecular complexity index is 205. The summed E-state index contributed by atoms with van der Waals surface area (Å²) in [5, 5.41) is 2.27. The van der Waals surface area contributed by atoms with E-state index in [1.54, 1.807) is 20.8 Å². The van der Waals surface area contributed by atoms with Crippen LogP contribution in [0.25, 0.3) is 0 Å². The van der Waals surface area contributed by atoms with Crippen molar-refractivity contribution in [3.8, 4) is 0 Å². The molecule has 5 heteroatoms. The van der Waals surface area contributed by atoms with Gasteiger partial charge in [0.1, 0.15) is 0 Å². The Kier molecular flexibility index (Phi) is 4.12. The number of carbonyl (C=O) groups is 1. The van der Waals surface area contributed by atoms with Crippen molar-refractivity contribution in [1.29, 1.82) is 0 Å². The lowest BCUT2D eigenvalue weighted by Gasteiger charge is -2.28. The number of hydrogen-bond donors (Lipinski definition) is 1. The van der Waals surface area contributed by atoms with E-state index in [1.807, 2.05) is 0 Å². The monoisotopic (exact) mass is 211 g/mol. The molecule has 0 aromatic rings. The number of carbonyl (C=O) groups excluding carboxylic acids is 1. The van der Waals surface area contributed by atoms with Gasteiger partial charge in [0.05, 0.1) is 0 Å². The van der Waals surface area contributed by atoms with E-state index >= 15 is 0 Å². The summed E-state index contributed by atoms with van der Waals surface area (Å²) in [7, 11) is 0. The second-order valence-electron chi connectivity index (χ2n) is 4.19. The van der Waals surface area contributed by atoms with Crippen molar-refractivity contribution in [2.75, 3.05) is 0 Å². The molecule has 0 aliphatic heterocycles. The third-order valence-electron chi connectivity index (χ3n) is 1.58. The minimum Gasteiger partial charge on any atom is -0.298 e. The van der Waals surface area contributed by atoms with Crippen molar-refractivity contribution in [1.82, 2.24) is 5.32 Å². The standard InChI is InChI=1S/C9H16F3NO/c1-5-6(14)7(9(10,11)12)13-8(2,3)4/h7,13H,5H2,1-4H3. The lowest BCUT2D eigenvalue weighted by molar-refractivity contribution is -0.170. The van der Waals surface area contributed by atoms with E-state index in [9.17, 15) is 18.0 Å². The van der Waals surface area contributed by atoms with Gasteiger partial charge in [-0.2, -0.15) is 13.2 Å². The van der Waals surface area contributed by atoms with Crippen LogP contribution in [-0.4, -0.2) is 23.5 Å². The first-order valence-corrected chi connectivity index (χ1v) is 4.45. The molecule has 0 radical (unpaired) electrons. The summed E-state index contributed by atoms with van der Waals surface area (Å²) in [5.41, 5.74) is -0.731. The second-order valence-corrected chi connectivity index (χ2v) is 4.19. The molecule has 0 spiro atoms. The lowest BCUT2D eigenvalue weighted by atomic mass is 10.0. The number of hydrogen-bond acceptors (Lipinski definition) is 2. The van der Waals surface area contributed by atoms with Gasteiger partial charge in [-0.15, -0.1) is 0 Å². The van der Waals surface area contributed by atoms with Crippen LogP contribution in [0, 0.1) is 0 Å². The molecule has 0 amide bonds. The molecule has 0 fully saturated rings. The van der Waals surface area contributed by atoms with E-state index in [0.717, 1.165) is 0 Å². The third-order valence-corrected chi connectivity index (χ3v) is 1.58. The SMILES string of the molecule is CCC(=O)C(NC(C)(C)C)C(F)(F)F. The molecule has 0 aromatic carbocycles. The van der Waals surface area contributed by atoms with E-state index in [2.05, 4.69) is 5.32 Å². The average Bonchev–Trinajstić information content (AvgIpc) is 1.95. The molecule has 14 heavy (non-hydrogen) atoms. The van der Waals surface area contributed by atoms with E-state index in [4.69, 9.17) is 0 Å². The van der Waals surface area contributed by atoms with Crippen LogP contribution in [0.5, 0.6) is 0 Å². The maximum atomic E-state index is 12.4.